The van der Waals surface area contributed by atoms with Crippen LogP contribution in [0.5, 0.6) is 5.75 Å². The van der Waals surface area contributed by atoms with Gasteiger partial charge < -0.3 is 16.2 Å². The summed E-state index contributed by atoms with van der Waals surface area (Å²) in [5, 5.41) is 0. The molecule has 0 heterocycles. The van der Waals surface area contributed by atoms with E-state index in [9.17, 15) is 4.79 Å². The zero-order valence-electron chi connectivity index (χ0n) is 10.6. The Balaban J connectivity index is 3.02. The summed E-state index contributed by atoms with van der Waals surface area (Å²) in [6.07, 6.45) is -0.0592. The van der Waals surface area contributed by atoms with Gasteiger partial charge in [-0.3, -0.25) is 4.79 Å². The first kappa shape index (κ1) is 13.5. The number of primary amides is 1. The van der Waals surface area contributed by atoms with E-state index in [0.717, 1.165) is 11.1 Å². The Bertz CT molecular complexity index is 402. The van der Waals surface area contributed by atoms with Crippen LogP contribution in [0.3, 0.4) is 0 Å². The fourth-order valence-electron chi connectivity index (χ4n) is 1.62. The van der Waals surface area contributed by atoms with Crippen LogP contribution < -0.4 is 16.2 Å². The Kier molecular flexibility index (Phi) is 4.52. The molecular weight excluding hydrogens is 216 g/mol. The molecule has 4 nitrogen and oxygen atoms in total. The maximum atomic E-state index is 11.2. The summed E-state index contributed by atoms with van der Waals surface area (Å²) in [6.45, 7) is 5.70. The summed E-state index contributed by atoms with van der Waals surface area (Å²) in [6, 6.07) is 5.63. The number of carbonyl (C=O) groups excluding carboxylic acids is 1. The smallest absolute Gasteiger partial charge is 0.258 e. The number of hydrogen-bond donors (Lipinski definition) is 2. The molecule has 1 rings (SSSR count). The number of rotatable bonds is 5. The zero-order chi connectivity index (χ0) is 13.0. The van der Waals surface area contributed by atoms with Gasteiger partial charge in [-0.2, -0.15) is 0 Å². The van der Waals surface area contributed by atoms with Crippen LogP contribution in [0.2, 0.25) is 0 Å². The van der Waals surface area contributed by atoms with Gasteiger partial charge in [-0.15, -0.1) is 0 Å². The maximum Gasteiger partial charge on any atom is 0.258 e. The second-order valence-electron chi connectivity index (χ2n) is 4.25. The van der Waals surface area contributed by atoms with Crippen molar-refractivity contribution in [1.82, 2.24) is 0 Å². The quantitative estimate of drug-likeness (QED) is 0.816. The van der Waals surface area contributed by atoms with Gasteiger partial charge in [0.15, 0.2) is 6.10 Å². The molecule has 2 atom stereocenters. The van der Waals surface area contributed by atoms with E-state index in [4.69, 9.17) is 16.2 Å². The first-order valence-electron chi connectivity index (χ1n) is 5.77. The molecular formula is C13H20N2O2. The summed E-state index contributed by atoms with van der Waals surface area (Å²) in [4.78, 5) is 11.2. The lowest BCUT2D eigenvalue weighted by atomic mass is 10.1. The molecule has 0 saturated heterocycles. The van der Waals surface area contributed by atoms with Gasteiger partial charge >= 0.3 is 0 Å². The van der Waals surface area contributed by atoms with Crippen molar-refractivity contribution in [1.29, 1.82) is 0 Å². The van der Waals surface area contributed by atoms with E-state index in [2.05, 4.69) is 0 Å². The minimum absolute atomic E-state index is 0.143. The lowest BCUT2D eigenvalue weighted by Gasteiger charge is -2.19. The molecule has 1 aromatic rings. The molecule has 94 valence electrons. The summed E-state index contributed by atoms with van der Waals surface area (Å²) < 4.78 is 5.64. The highest BCUT2D eigenvalue weighted by atomic mass is 16.5. The predicted molar refractivity (Wildman–Crippen MR) is 67.7 cm³/mol. The molecule has 0 aliphatic carbocycles. The van der Waals surface area contributed by atoms with Crippen molar-refractivity contribution in [3.63, 3.8) is 0 Å². The van der Waals surface area contributed by atoms with Gasteiger partial charge in [0.05, 0.1) is 0 Å². The zero-order valence-corrected chi connectivity index (χ0v) is 10.6. The fraction of sp³-hybridized carbons (Fsp3) is 0.462. The molecule has 0 aliphatic rings. The largest absolute Gasteiger partial charge is 0.480 e. The van der Waals surface area contributed by atoms with Crippen LogP contribution in [0.4, 0.5) is 0 Å². The SMILES string of the molecule is CCC(Oc1cc(C)ccc1[C@H](C)N)C(N)=O. The predicted octanol–water partition coefficient (Wildman–Crippen LogP) is 1.66. The summed E-state index contributed by atoms with van der Waals surface area (Å²) in [5.74, 6) is 0.190. The van der Waals surface area contributed by atoms with E-state index in [0.29, 0.717) is 12.2 Å². The highest BCUT2D eigenvalue weighted by Gasteiger charge is 2.17. The van der Waals surface area contributed by atoms with E-state index in [-0.39, 0.29) is 6.04 Å². The number of carbonyl (C=O) groups is 1. The first-order valence-corrected chi connectivity index (χ1v) is 5.77. The van der Waals surface area contributed by atoms with Crippen molar-refractivity contribution in [3.8, 4) is 5.75 Å². The van der Waals surface area contributed by atoms with Crippen molar-refractivity contribution in [2.24, 2.45) is 11.5 Å². The van der Waals surface area contributed by atoms with Crippen molar-refractivity contribution >= 4 is 5.91 Å². The lowest BCUT2D eigenvalue weighted by Crippen LogP contribution is -2.33. The Hall–Kier alpha value is -1.55. The average molecular weight is 236 g/mol. The molecule has 4 N–H and O–H groups in total. The van der Waals surface area contributed by atoms with Crippen LogP contribution in [0.15, 0.2) is 18.2 Å². The monoisotopic (exact) mass is 236 g/mol. The second kappa shape index (κ2) is 5.68. The molecule has 4 heteroatoms. The summed E-state index contributed by atoms with van der Waals surface area (Å²) in [7, 11) is 0. The molecule has 0 fully saturated rings. The van der Waals surface area contributed by atoms with Crippen molar-refractivity contribution in [2.75, 3.05) is 0 Å². The Morgan fingerprint density at radius 1 is 1.47 bits per heavy atom. The number of amides is 1. The molecule has 17 heavy (non-hydrogen) atoms. The van der Waals surface area contributed by atoms with Crippen LogP contribution in [-0.4, -0.2) is 12.0 Å². The van der Waals surface area contributed by atoms with Gasteiger partial charge in [0, 0.05) is 11.6 Å². The van der Waals surface area contributed by atoms with Crippen LogP contribution in [0.25, 0.3) is 0 Å². The molecule has 1 amide bonds. The fourth-order valence-corrected chi connectivity index (χ4v) is 1.62. The molecule has 0 bridgehead atoms. The number of ether oxygens (including phenoxy) is 1. The van der Waals surface area contributed by atoms with Gasteiger partial charge in [-0.25, -0.2) is 0 Å². The Morgan fingerprint density at radius 3 is 2.59 bits per heavy atom. The minimum Gasteiger partial charge on any atom is -0.480 e. The maximum absolute atomic E-state index is 11.2. The minimum atomic E-state index is -0.603. The molecule has 0 aromatic heterocycles. The van der Waals surface area contributed by atoms with Gasteiger partial charge in [0.2, 0.25) is 0 Å². The van der Waals surface area contributed by atoms with Crippen molar-refractivity contribution < 1.29 is 9.53 Å². The van der Waals surface area contributed by atoms with E-state index in [1.165, 1.54) is 0 Å². The van der Waals surface area contributed by atoms with Crippen LogP contribution in [0.1, 0.15) is 37.4 Å². The number of benzene rings is 1. The number of aryl methyl sites for hydroxylation is 1. The first-order chi connectivity index (χ1) is 7.95. The highest BCUT2D eigenvalue weighted by Crippen LogP contribution is 2.26. The van der Waals surface area contributed by atoms with Gasteiger partial charge in [-0.05, 0) is 31.9 Å². The van der Waals surface area contributed by atoms with Gasteiger partial charge in [0.1, 0.15) is 5.75 Å². The normalized spacial score (nSPS) is 14.1. The van der Waals surface area contributed by atoms with E-state index < -0.39 is 12.0 Å². The summed E-state index contributed by atoms with van der Waals surface area (Å²) >= 11 is 0. The number of hydrogen-bond acceptors (Lipinski definition) is 3. The molecule has 1 aromatic carbocycles. The third kappa shape index (κ3) is 3.46. The lowest BCUT2D eigenvalue weighted by molar-refractivity contribution is -0.124. The van der Waals surface area contributed by atoms with Crippen LogP contribution in [-0.2, 0) is 4.79 Å². The van der Waals surface area contributed by atoms with Gasteiger partial charge in [-0.1, -0.05) is 19.1 Å². The Labute approximate surface area is 102 Å². The third-order valence-electron chi connectivity index (χ3n) is 2.62. The molecule has 0 spiro atoms. The van der Waals surface area contributed by atoms with E-state index in [1.807, 2.05) is 39.0 Å². The second-order valence-corrected chi connectivity index (χ2v) is 4.25. The topological polar surface area (TPSA) is 78.3 Å². The van der Waals surface area contributed by atoms with Crippen LogP contribution >= 0.6 is 0 Å². The van der Waals surface area contributed by atoms with Crippen molar-refractivity contribution in [3.05, 3.63) is 29.3 Å². The third-order valence-corrected chi connectivity index (χ3v) is 2.62. The standard InChI is InChI=1S/C13H20N2O2/c1-4-11(13(15)16)17-12-7-8(2)5-6-10(12)9(3)14/h5-7,9,11H,4,14H2,1-3H3,(H2,15,16)/t9-,11?/m0/s1. The van der Waals surface area contributed by atoms with Gasteiger partial charge in [0.25, 0.3) is 5.91 Å². The number of nitrogens with two attached hydrogens (primary N) is 2. The molecule has 0 radical (unpaired) electrons. The summed E-state index contributed by atoms with van der Waals surface area (Å²) in [5.41, 5.74) is 13.1. The van der Waals surface area contributed by atoms with Crippen molar-refractivity contribution in [2.45, 2.75) is 39.3 Å². The molecule has 0 saturated carbocycles. The molecule has 0 aliphatic heterocycles. The van der Waals surface area contributed by atoms with Crippen LogP contribution in [0, 0.1) is 6.92 Å². The average Bonchev–Trinajstić information content (AvgIpc) is 2.25. The van der Waals surface area contributed by atoms with E-state index >= 15 is 0 Å². The van der Waals surface area contributed by atoms with E-state index in [1.54, 1.807) is 0 Å². The Morgan fingerprint density at radius 2 is 2.12 bits per heavy atom. The highest BCUT2D eigenvalue weighted by molar-refractivity contribution is 5.79. The molecule has 1 unspecified atom stereocenters.